The van der Waals surface area contributed by atoms with Crippen molar-refractivity contribution in [3.63, 3.8) is 0 Å². The summed E-state index contributed by atoms with van der Waals surface area (Å²) in [6.07, 6.45) is 1.40. The van der Waals surface area contributed by atoms with Gasteiger partial charge in [-0.1, -0.05) is 51.3 Å². The molecule has 0 radical (unpaired) electrons. The van der Waals surface area contributed by atoms with Gasteiger partial charge in [-0.3, -0.25) is 4.79 Å². The van der Waals surface area contributed by atoms with Crippen molar-refractivity contribution in [2.24, 2.45) is 0 Å². The number of rotatable bonds is 3. The number of pyridine rings is 1. The number of hydrogen-bond acceptors (Lipinski definition) is 2. The van der Waals surface area contributed by atoms with Gasteiger partial charge in [0.2, 0.25) is 0 Å². The zero-order chi connectivity index (χ0) is 14.7. The normalized spacial score (nSPS) is 12.0. The van der Waals surface area contributed by atoms with Gasteiger partial charge in [0.1, 0.15) is 5.15 Å². The van der Waals surface area contributed by atoms with Crippen LogP contribution in [0.15, 0.2) is 41.0 Å². The van der Waals surface area contributed by atoms with Gasteiger partial charge in [-0.15, -0.1) is 0 Å². The fourth-order valence-electron chi connectivity index (χ4n) is 1.68. The monoisotopic (exact) mass is 372 g/mol. The Morgan fingerprint density at radius 1 is 1.35 bits per heavy atom. The molecule has 0 aliphatic carbocycles. The lowest BCUT2D eigenvalue weighted by molar-refractivity contribution is 0.0939. The lowest BCUT2D eigenvalue weighted by Gasteiger charge is -2.14. The molecule has 1 heterocycles. The van der Waals surface area contributed by atoms with E-state index in [1.807, 2.05) is 31.2 Å². The van der Waals surface area contributed by atoms with Crippen LogP contribution in [0.25, 0.3) is 0 Å². The van der Waals surface area contributed by atoms with E-state index in [-0.39, 0.29) is 22.1 Å². The molecule has 0 spiro atoms. The molecule has 1 aromatic heterocycles. The van der Waals surface area contributed by atoms with Crippen molar-refractivity contribution in [3.8, 4) is 0 Å². The molecule has 1 N–H and O–H groups in total. The van der Waals surface area contributed by atoms with Crippen LogP contribution >= 0.6 is 39.1 Å². The Hall–Kier alpha value is -1.10. The summed E-state index contributed by atoms with van der Waals surface area (Å²) in [5.41, 5.74) is 1.38. The van der Waals surface area contributed by atoms with Crippen molar-refractivity contribution in [1.82, 2.24) is 10.3 Å². The van der Waals surface area contributed by atoms with Crippen LogP contribution < -0.4 is 5.32 Å². The van der Waals surface area contributed by atoms with Crippen LogP contribution in [0.5, 0.6) is 0 Å². The van der Waals surface area contributed by atoms with E-state index in [9.17, 15) is 4.79 Å². The summed E-state index contributed by atoms with van der Waals surface area (Å²) in [5, 5.41) is 3.33. The number of carbonyl (C=O) groups excluding carboxylic acids is 1. The summed E-state index contributed by atoms with van der Waals surface area (Å²) in [7, 11) is 0. The number of nitrogens with one attached hydrogen (secondary N) is 1. The van der Waals surface area contributed by atoms with Crippen molar-refractivity contribution in [1.29, 1.82) is 0 Å². The maximum absolute atomic E-state index is 12.1. The molecule has 1 atom stereocenters. The molecule has 1 amide bonds. The molecule has 0 saturated heterocycles. The lowest BCUT2D eigenvalue weighted by atomic mass is 10.1. The van der Waals surface area contributed by atoms with Gasteiger partial charge in [0.05, 0.1) is 16.6 Å². The maximum Gasteiger partial charge on any atom is 0.253 e. The van der Waals surface area contributed by atoms with Gasteiger partial charge in [0.15, 0.2) is 0 Å². The highest BCUT2D eigenvalue weighted by Gasteiger charge is 2.13. The van der Waals surface area contributed by atoms with Crippen molar-refractivity contribution in [2.75, 3.05) is 0 Å². The lowest BCUT2D eigenvalue weighted by Crippen LogP contribution is -2.26. The molecule has 3 nitrogen and oxygen atoms in total. The summed E-state index contributed by atoms with van der Waals surface area (Å²) in [6.45, 7) is 1.91. The highest BCUT2D eigenvalue weighted by atomic mass is 79.9. The number of amides is 1. The van der Waals surface area contributed by atoms with Crippen molar-refractivity contribution in [2.45, 2.75) is 13.0 Å². The quantitative estimate of drug-likeness (QED) is 0.796. The number of halogens is 3. The van der Waals surface area contributed by atoms with Crippen LogP contribution in [0.1, 0.15) is 28.9 Å². The summed E-state index contributed by atoms with van der Waals surface area (Å²) in [4.78, 5) is 16.0. The van der Waals surface area contributed by atoms with Crippen molar-refractivity contribution in [3.05, 3.63) is 62.3 Å². The van der Waals surface area contributed by atoms with Gasteiger partial charge in [0, 0.05) is 10.7 Å². The molecule has 2 rings (SSSR count). The first-order valence-corrected chi connectivity index (χ1v) is 7.39. The van der Waals surface area contributed by atoms with Crippen LogP contribution in [0.2, 0.25) is 10.2 Å². The molecule has 1 unspecified atom stereocenters. The number of aromatic nitrogens is 1. The zero-order valence-corrected chi connectivity index (χ0v) is 13.6. The van der Waals surface area contributed by atoms with Crippen LogP contribution in [-0.4, -0.2) is 10.9 Å². The molecule has 0 fully saturated rings. The summed E-state index contributed by atoms with van der Waals surface area (Å²) in [6, 6.07) is 9.12. The average molecular weight is 374 g/mol. The van der Waals surface area contributed by atoms with E-state index in [1.165, 1.54) is 12.3 Å². The van der Waals surface area contributed by atoms with Crippen LogP contribution in [0.4, 0.5) is 0 Å². The van der Waals surface area contributed by atoms with Gasteiger partial charge < -0.3 is 5.32 Å². The van der Waals surface area contributed by atoms with Gasteiger partial charge in [-0.2, -0.15) is 0 Å². The average Bonchev–Trinajstić information content (AvgIpc) is 2.41. The van der Waals surface area contributed by atoms with E-state index >= 15 is 0 Å². The minimum atomic E-state index is -0.247. The van der Waals surface area contributed by atoms with Crippen molar-refractivity contribution >= 4 is 45.0 Å². The Morgan fingerprint density at radius 3 is 2.75 bits per heavy atom. The third kappa shape index (κ3) is 3.72. The van der Waals surface area contributed by atoms with E-state index < -0.39 is 0 Å². The SMILES string of the molecule is CC(NC(=O)c1cnc(Cl)c(Cl)c1)c1cccc(Br)c1. The second-order valence-corrected chi connectivity index (χ2v) is 5.93. The van der Waals surface area contributed by atoms with Gasteiger partial charge in [0.25, 0.3) is 5.91 Å². The van der Waals surface area contributed by atoms with E-state index in [1.54, 1.807) is 0 Å². The topological polar surface area (TPSA) is 42.0 Å². The fourth-order valence-corrected chi connectivity index (χ4v) is 2.37. The predicted molar refractivity (Wildman–Crippen MR) is 84.3 cm³/mol. The van der Waals surface area contributed by atoms with E-state index in [4.69, 9.17) is 23.2 Å². The predicted octanol–water partition coefficient (Wildman–Crippen LogP) is 4.64. The Bertz CT molecular complexity index is 649. The molecule has 0 aliphatic heterocycles. The highest BCUT2D eigenvalue weighted by Crippen LogP contribution is 2.21. The molecule has 2 aromatic rings. The largest absolute Gasteiger partial charge is 0.345 e. The Kier molecular flexibility index (Phi) is 5.02. The molecule has 0 aliphatic rings. The molecule has 104 valence electrons. The molecule has 0 saturated carbocycles. The van der Waals surface area contributed by atoms with E-state index in [2.05, 4.69) is 26.2 Å². The summed E-state index contributed by atoms with van der Waals surface area (Å²) in [5.74, 6) is -0.247. The summed E-state index contributed by atoms with van der Waals surface area (Å²) < 4.78 is 0.965. The first-order chi connectivity index (χ1) is 9.47. The first-order valence-electron chi connectivity index (χ1n) is 5.84. The molecule has 0 bridgehead atoms. The van der Waals surface area contributed by atoms with Crippen LogP contribution in [0.3, 0.4) is 0 Å². The smallest absolute Gasteiger partial charge is 0.253 e. The van der Waals surface area contributed by atoms with Crippen LogP contribution in [-0.2, 0) is 0 Å². The second kappa shape index (κ2) is 6.57. The van der Waals surface area contributed by atoms with Crippen molar-refractivity contribution < 1.29 is 4.79 Å². The Morgan fingerprint density at radius 2 is 2.10 bits per heavy atom. The fraction of sp³-hybridized carbons (Fsp3) is 0.143. The Balaban J connectivity index is 2.13. The molecular weight excluding hydrogens is 363 g/mol. The standard InChI is InChI=1S/C14H11BrCl2N2O/c1-8(9-3-2-4-11(15)5-9)19-14(20)10-6-12(16)13(17)18-7-10/h2-8H,1H3,(H,19,20). The molecule has 6 heteroatoms. The molecule has 20 heavy (non-hydrogen) atoms. The van der Waals surface area contributed by atoms with Gasteiger partial charge in [-0.05, 0) is 30.7 Å². The van der Waals surface area contributed by atoms with Gasteiger partial charge >= 0.3 is 0 Å². The maximum atomic E-state index is 12.1. The minimum Gasteiger partial charge on any atom is -0.345 e. The highest BCUT2D eigenvalue weighted by molar-refractivity contribution is 9.10. The summed E-state index contributed by atoms with van der Waals surface area (Å²) >= 11 is 15.0. The Labute approximate surface area is 135 Å². The minimum absolute atomic E-state index is 0.130. The first kappa shape index (κ1) is 15.3. The van der Waals surface area contributed by atoms with Gasteiger partial charge in [-0.25, -0.2) is 4.98 Å². The molecule has 1 aromatic carbocycles. The zero-order valence-electron chi connectivity index (χ0n) is 10.5. The molecular formula is C14H11BrCl2N2O. The third-order valence-electron chi connectivity index (χ3n) is 2.75. The van der Waals surface area contributed by atoms with E-state index in [0.717, 1.165) is 10.0 Å². The number of benzene rings is 1. The second-order valence-electron chi connectivity index (χ2n) is 4.25. The number of nitrogens with zero attached hydrogens (tertiary/aromatic N) is 1. The third-order valence-corrected chi connectivity index (χ3v) is 3.93. The van der Waals surface area contributed by atoms with E-state index in [0.29, 0.717) is 5.56 Å². The number of carbonyl (C=O) groups is 1. The van der Waals surface area contributed by atoms with Crippen LogP contribution in [0, 0.1) is 0 Å². The number of hydrogen-bond donors (Lipinski definition) is 1.